The lowest BCUT2D eigenvalue weighted by Crippen LogP contribution is -2.44. The molecule has 68 heavy (non-hydrogen) atoms. The maximum Gasteiger partial charge on any atom is 0.293 e. The summed E-state index contributed by atoms with van der Waals surface area (Å²) in [6.07, 6.45) is 8.53. The third kappa shape index (κ3) is 15.3. The summed E-state index contributed by atoms with van der Waals surface area (Å²) in [4.78, 5) is 39.1. The van der Waals surface area contributed by atoms with Crippen molar-refractivity contribution in [3.05, 3.63) is 122 Å². The normalized spacial score (nSPS) is 16.7. The van der Waals surface area contributed by atoms with Crippen LogP contribution in [0, 0.1) is 11.6 Å². The van der Waals surface area contributed by atoms with E-state index in [2.05, 4.69) is 77.7 Å². The minimum atomic E-state index is -3.09. The van der Waals surface area contributed by atoms with Gasteiger partial charge in [-0.3, -0.25) is 9.59 Å². The van der Waals surface area contributed by atoms with Gasteiger partial charge in [0.1, 0.15) is 11.6 Å². The van der Waals surface area contributed by atoms with Crippen LogP contribution in [-0.2, 0) is 48.0 Å². The van der Waals surface area contributed by atoms with E-state index in [-0.39, 0.29) is 107 Å². The van der Waals surface area contributed by atoms with Crippen molar-refractivity contribution in [3.8, 4) is 0 Å². The molecule has 2 aliphatic heterocycles. The molecule has 0 N–H and O–H groups in total. The molecule has 2 aliphatic rings. The highest BCUT2D eigenvalue weighted by molar-refractivity contribution is 7.91. The van der Waals surface area contributed by atoms with Gasteiger partial charge >= 0.3 is 0 Å². The van der Waals surface area contributed by atoms with Crippen LogP contribution in [0.1, 0.15) is 70.5 Å². The highest BCUT2D eigenvalue weighted by Gasteiger charge is 2.38. The van der Waals surface area contributed by atoms with Gasteiger partial charge in [0.15, 0.2) is 47.9 Å². The predicted octanol–water partition coefficient (Wildman–Crippen LogP) is 7.32. The monoisotopic (exact) mass is 1020 g/mol. The van der Waals surface area contributed by atoms with Gasteiger partial charge in [-0.2, -0.15) is 0 Å². The number of anilines is 2. The number of aryl methyl sites for hydroxylation is 1. The Bertz CT molecular complexity index is 2710. The topological polar surface area (TPSA) is 163 Å². The first kappa shape index (κ1) is 54.6. The minimum absolute atomic E-state index is 0.00744. The molecule has 14 nitrogen and oxygen atoms in total. The first-order valence-corrected chi connectivity index (χ1v) is 32.6. The first-order chi connectivity index (χ1) is 31.5. The van der Waals surface area contributed by atoms with Gasteiger partial charge in [-0.1, -0.05) is 71.9 Å². The predicted molar refractivity (Wildman–Crippen MR) is 273 cm³/mol. The lowest BCUT2D eigenvalue weighted by atomic mass is 10.2. The number of hydrogen-bond donors (Lipinski definition) is 0. The van der Waals surface area contributed by atoms with Crippen molar-refractivity contribution in [2.75, 3.05) is 72.2 Å². The van der Waals surface area contributed by atoms with Crippen LogP contribution in [0.4, 0.5) is 20.4 Å². The van der Waals surface area contributed by atoms with Gasteiger partial charge in [-0.15, -0.1) is 0 Å². The van der Waals surface area contributed by atoms with Crippen molar-refractivity contribution in [3.63, 3.8) is 0 Å². The smallest absolute Gasteiger partial charge is 0.293 e. The van der Waals surface area contributed by atoms with Crippen molar-refractivity contribution in [1.29, 1.82) is 0 Å². The number of aromatic nitrogens is 4. The summed E-state index contributed by atoms with van der Waals surface area (Å²) in [5.41, 5.74) is 2.32. The Balaban J connectivity index is 0.000000254. The second-order valence-corrected chi connectivity index (χ2v) is 34.9. The van der Waals surface area contributed by atoms with Crippen molar-refractivity contribution in [2.45, 2.75) is 104 Å². The van der Waals surface area contributed by atoms with Gasteiger partial charge < -0.3 is 27.8 Å². The molecule has 2 saturated heterocycles. The van der Waals surface area contributed by atoms with E-state index < -0.39 is 36.3 Å². The zero-order valence-electron chi connectivity index (χ0n) is 41.3. The van der Waals surface area contributed by atoms with Crippen LogP contribution < -0.4 is 20.9 Å². The molecule has 2 fully saturated rings. The van der Waals surface area contributed by atoms with E-state index in [1.165, 1.54) is 28.8 Å². The molecular weight excluding hydrogens is 947 g/mol. The lowest BCUT2D eigenvalue weighted by molar-refractivity contribution is 0.282. The second-order valence-electron chi connectivity index (χ2n) is 20.6. The Morgan fingerprint density at radius 1 is 0.632 bits per heavy atom. The lowest BCUT2D eigenvalue weighted by Gasteiger charge is -2.36. The maximum atomic E-state index is 13.3. The van der Waals surface area contributed by atoms with Crippen LogP contribution in [0.15, 0.2) is 76.6 Å². The van der Waals surface area contributed by atoms with E-state index in [1.807, 2.05) is 12.2 Å². The van der Waals surface area contributed by atoms with Gasteiger partial charge in [0.25, 0.3) is 11.1 Å². The molecule has 0 saturated carbocycles. The average Bonchev–Trinajstić information content (AvgIpc) is 3.24. The number of sulfone groups is 2. The SMILES string of the molecule is CC(C)(C)[Si](C)(C)OC/C=C/c1cn(Cc2ccc(F)cc2)c(=O)c(N2CCS(=O)(=O)CC2)n1.CC(C)(C)[Si](C)(C)OCCCc1cn(Cc2ccc(F)cc2)c(=O)c(N2CCS(=O)(=O)CC2)n1. The molecule has 20 heteroatoms. The number of halogens is 2. The minimum Gasteiger partial charge on any atom is -0.417 e. The molecule has 0 radical (unpaired) electrons. The van der Waals surface area contributed by atoms with E-state index in [9.17, 15) is 35.2 Å². The third-order valence-corrected chi connectivity index (χ3v) is 25.5. The highest BCUT2D eigenvalue weighted by atomic mass is 32.2. The van der Waals surface area contributed by atoms with Gasteiger partial charge in [-0.05, 0) is 90.6 Å². The van der Waals surface area contributed by atoms with Crippen molar-refractivity contribution in [2.24, 2.45) is 0 Å². The molecule has 0 unspecified atom stereocenters. The fraction of sp³-hybridized carbons (Fsp3) is 0.542. The molecule has 0 aliphatic carbocycles. The summed E-state index contributed by atoms with van der Waals surface area (Å²) in [6.45, 7) is 24.5. The number of hydrogen-bond acceptors (Lipinski definition) is 12. The zero-order valence-corrected chi connectivity index (χ0v) is 45.0. The Morgan fingerprint density at radius 2 is 1.04 bits per heavy atom. The van der Waals surface area contributed by atoms with Crippen LogP contribution in [0.3, 0.4) is 0 Å². The van der Waals surface area contributed by atoms with Gasteiger partial charge in [-0.25, -0.2) is 35.6 Å². The van der Waals surface area contributed by atoms with Gasteiger partial charge in [0.2, 0.25) is 0 Å². The number of benzene rings is 2. The fourth-order valence-corrected chi connectivity index (χ4v) is 11.3. The van der Waals surface area contributed by atoms with E-state index >= 15 is 0 Å². The van der Waals surface area contributed by atoms with E-state index in [1.54, 1.807) is 51.0 Å². The maximum absolute atomic E-state index is 13.3. The summed E-state index contributed by atoms with van der Waals surface area (Å²) in [5.74, 6) is -0.161. The van der Waals surface area contributed by atoms with Crippen molar-refractivity contribution in [1.82, 2.24) is 19.1 Å². The summed E-state index contributed by atoms with van der Waals surface area (Å²) in [6, 6.07) is 12.0. The molecule has 374 valence electrons. The molecule has 2 aromatic carbocycles. The average molecular weight is 1020 g/mol. The van der Waals surface area contributed by atoms with E-state index in [0.717, 1.165) is 23.2 Å². The molecule has 6 rings (SSSR count). The van der Waals surface area contributed by atoms with Crippen LogP contribution in [0.2, 0.25) is 36.3 Å². The molecule has 0 spiro atoms. The summed E-state index contributed by atoms with van der Waals surface area (Å²) in [5, 5.41) is 0.235. The quantitative estimate of drug-likeness (QED) is 0.0863. The Kier molecular flexibility index (Phi) is 17.8. The van der Waals surface area contributed by atoms with Crippen LogP contribution in [0.25, 0.3) is 6.08 Å². The van der Waals surface area contributed by atoms with Crippen LogP contribution in [-0.4, -0.2) is 115 Å². The molecule has 0 bridgehead atoms. The van der Waals surface area contributed by atoms with Crippen LogP contribution >= 0.6 is 0 Å². The van der Waals surface area contributed by atoms with Gasteiger partial charge in [0, 0.05) is 45.2 Å². The van der Waals surface area contributed by atoms with Crippen molar-refractivity contribution >= 4 is 54.0 Å². The second kappa shape index (κ2) is 22.2. The molecule has 2 aromatic heterocycles. The van der Waals surface area contributed by atoms with E-state index in [0.29, 0.717) is 25.3 Å². The fourth-order valence-electron chi connectivity index (χ4n) is 6.83. The third-order valence-electron chi connectivity index (χ3n) is 13.3. The first-order valence-electron chi connectivity index (χ1n) is 23.1. The number of nitrogens with zero attached hydrogens (tertiary/aromatic N) is 6. The summed E-state index contributed by atoms with van der Waals surface area (Å²) >= 11 is 0. The standard InChI is InChI=1S/C24H36FN3O4SSi.C24H34FN3O4SSi/c2*1-24(2,3)34(4,5)32-14-6-7-21-18-28(17-19-8-10-20(25)11-9-19)23(29)22(26-21)27-12-15-33(30,31)16-13-27/h8-11,18H,6-7,12-17H2,1-5H3;6-11,18H,12-17H2,1-5H3/b;7-6+. The van der Waals surface area contributed by atoms with E-state index in [4.69, 9.17) is 8.85 Å². The van der Waals surface area contributed by atoms with Crippen LogP contribution in [0.5, 0.6) is 0 Å². The number of rotatable bonds is 15. The molecular formula is C48H70F2N6O8S2Si2. The molecule has 0 amide bonds. The summed E-state index contributed by atoms with van der Waals surface area (Å²) < 4.78 is 89.7. The van der Waals surface area contributed by atoms with Crippen molar-refractivity contribution < 1.29 is 34.5 Å². The molecule has 0 atom stereocenters. The summed E-state index contributed by atoms with van der Waals surface area (Å²) in [7, 11) is -9.91. The zero-order chi connectivity index (χ0) is 50.3. The largest absolute Gasteiger partial charge is 0.417 e. The molecule has 4 aromatic rings. The molecule has 4 heterocycles. The Morgan fingerprint density at radius 3 is 1.49 bits per heavy atom. The van der Waals surface area contributed by atoms with Gasteiger partial charge in [0.05, 0.1) is 54.1 Å². The Labute approximate surface area is 403 Å². The Hall–Kier alpha value is -4.35. The highest BCUT2D eigenvalue weighted by Crippen LogP contribution is 2.37.